The molecule has 0 amide bonds. The van der Waals surface area contributed by atoms with Crippen molar-refractivity contribution in [3.63, 3.8) is 0 Å². The van der Waals surface area contributed by atoms with Crippen molar-refractivity contribution in [1.29, 1.82) is 0 Å². The first-order chi connectivity index (χ1) is 13.3. The first-order valence-corrected chi connectivity index (χ1v) is 9.58. The largest absolute Gasteiger partial charge is 0.332 e. The van der Waals surface area contributed by atoms with Crippen molar-refractivity contribution in [2.75, 3.05) is 0 Å². The zero-order valence-electron chi connectivity index (χ0n) is 16.9. The second kappa shape index (κ2) is 6.51. The molecule has 3 heterocycles. The Labute approximate surface area is 162 Å². The van der Waals surface area contributed by atoms with Gasteiger partial charge in [0.25, 0.3) is 5.56 Å². The van der Waals surface area contributed by atoms with Gasteiger partial charge in [0.2, 0.25) is 5.78 Å². The van der Waals surface area contributed by atoms with Crippen LogP contribution in [-0.2, 0) is 13.6 Å². The molecule has 0 aliphatic heterocycles. The molecule has 146 valence electrons. The zero-order valence-corrected chi connectivity index (χ0v) is 16.9. The second-order valence-corrected chi connectivity index (χ2v) is 7.57. The van der Waals surface area contributed by atoms with Crippen molar-refractivity contribution in [3.05, 3.63) is 68.1 Å². The lowest BCUT2D eigenvalue weighted by Gasteiger charge is -2.12. The quantitative estimate of drug-likeness (QED) is 0.548. The third-order valence-electron chi connectivity index (χ3n) is 5.56. The minimum absolute atomic E-state index is 0.236. The Kier molecular flexibility index (Phi) is 4.25. The fourth-order valence-corrected chi connectivity index (χ4v) is 3.77. The molecule has 0 aliphatic rings. The summed E-state index contributed by atoms with van der Waals surface area (Å²) in [5, 5.41) is 0. The normalized spacial score (nSPS) is 12.9. The maximum atomic E-state index is 13.3. The minimum atomic E-state index is -0.356. The molecule has 4 rings (SSSR count). The van der Waals surface area contributed by atoms with Gasteiger partial charge in [-0.05, 0) is 32.8 Å². The highest BCUT2D eigenvalue weighted by Gasteiger charge is 2.21. The number of benzene rings is 1. The van der Waals surface area contributed by atoms with Gasteiger partial charge in [-0.15, -0.1) is 0 Å². The molecule has 0 unspecified atom stereocenters. The first-order valence-electron chi connectivity index (χ1n) is 9.58. The molecule has 4 aromatic rings. The fourth-order valence-electron chi connectivity index (χ4n) is 3.77. The first kappa shape index (κ1) is 18.3. The van der Waals surface area contributed by atoms with Crippen molar-refractivity contribution in [2.45, 2.75) is 46.7 Å². The topological polar surface area (TPSA) is 66.2 Å². The minimum Gasteiger partial charge on any atom is -0.311 e. The van der Waals surface area contributed by atoms with Crippen molar-refractivity contribution in [3.8, 4) is 0 Å². The van der Waals surface area contributed by atoms with Crippen LogP contribution in [0, 0.1) is 13.8 Å². The van der Waals surface area contributed by atoms with Crippen molar-refractivity contribution in [2.24, 2.45) is 7.05 Å². The van der Waals surface area contributed by atoms with E-state index >= 15 is 0 Å². The lowest BCUT2D eigenvalue weighted by molar-refractivity contribution is 0.532. The van der Waals surface area contributed by atoms with Crippen molar-refractivity contribution in [1.82, 2.24) is 23.1 Å². The van der Waals surface area contributed by atoms with E-state index in [1.807, 2.05) is 48.7 Å². The highest BCUT2D eigenvalue weighted by Crippen LogP contribution is 2.22. The van der Waals surface area contributed by atoms with Crippen LogP contribution in [0.15, 0.2) is 40.1 Å². The standard InChI is InChI=1S/C21H25N5O2/c1-6-14(3)26-15(4)11-24-17-18(22-20(24)26)23(5)21(28)25(19(17)27)12-16-9-7-13(2)8-10-16/h7-11,14H,6,12H2,1-5H3/t14-/m1/s1. The number of aryl methyl sites for hydroxylation is 3. The van der Waals surface area contributed by atoms with Crippen LogP contribution < -0.4 is 11.2 Å². The third-order valence-corrected chi connectivity index (χ3v) is 5.56. The summed E-state index contributed by atoms with van der Waals surface area (Å²) < 4.78 is 6.70. The number of aromatic nitrogens is 5. The van der Waals surface area contributed by atoms with Gasteiger partial charge in [0, 0.05) is 25.0 Å². The smallest absolute Gasteiger partial charge is 0.311 e. The molecule has 0 radical (unpaired) electrons. The molecule has 1 aromatic carbocycles. The van der Waals surface area contributed by atoms with Crippen molar-refractivity contribution >= 4 is 16.9 Å². The number of hydrogen-bond donors (Lipinski definition) is 0. The van der Waals surface area contributed by atoms with Crippen LogP contribution in [0.5, 0.6) is 0 Å². The number of fused-ring (bicyclic) bond motifs is 3. The van der Waals surface area contributed by atoms with Crippen LogP contribution in [0.2, 0.25) is 0 Å². The molecule has 0 aliphatic carbocycles. The molecule has 0 spiro atoms. The molecular formula is C21H25N5O2. The lowest BCUT2D eigenvalue weighted by atomic mass is 10.1. The van der Waals surface area contributed by atoms with E-state index in [0.29, 0.717) is 16.9 Å². The Morgan fingerprint density at radius 1 is 1.11 bits per heavy atom. The van der Waals surface area contributed by atoms with Gasteiger partial charge < -0.3 is 4.57 Å². The molecule has 28 heavy (non-hydrogen) atoms. The van der Waals surface area contributed by atoms with Gasteiger partial charge in [-0.1, -0.05) is 36.8 Å². The average molecular weight is 379 g/mol. The van der Waals surface area contributed by atoms with E-state index in [1.54, 1.807) is 7.05 Å². The van der Waals surface area contributed by atoms with Crippen LogP contribution >= 0.6 is 0 Å². The molecule has 0 bridgehead atoms. The molecule has 0 N–H and O–H groups in total. The highest BCUT2D eigenvalue weighted by atomic mass is 16.2. The van der Waals surface area contributed by atoms with Crippen LogP contribution in [0.4, 0.5) is 0 Å². The summed E-state index contributed by atoms with van der Waals surface area (Å²) in [5.74, 6) is 0.696. The van der Waals surface area contributed by atoms with E-state index in [1.165, 1.54) is 9.13 Å². The summed E-state index contributed by atoms with van der Waals surface area (Å²) >= 11 is 0. The predicted molar refractivity (Wildman–Crippen MR) is 110 cm³/mol. The van der Waals surface area contributed by atoms with E-state index in [9.17, 15) is 9.59 Å². The van der Waals surface area contributed by atoms with Crippen LogP contribution in [0.25, 0.3) is 16.9 Å². The SMILES string of the molecule is CC[C@@H](C)n1c(C)cn2c3c(=O)n(Cc4ccc(C)cc4)c(=O)n(C)c3nc12. The number of rotatable bonds is 4. The number of hydrogen-bond acceptors (Lipinski definition) is 3. The van der Waals surface area contributed by atoms with Gasteiger partial charge in [0.05, 0.1) is 6.54 Å². The fraction of sp³-hybridized carbons (Fsp3) is 0.381. The van der Waals surface area contributed by atoms with Gasteiger partial charge >= 0.3 is 5.69 Å². The Morgan fingerprint density at radius 2 is 1.79 bits per heavy atom. The molecule has 7 nitrogen and oxygen atoms in total. The Balaban J connectivity index is 2.00. The monoisotopic (exact) mass is 379 g/mol. The summed E-state index contributed by atoms with van der Waals surface area (Å²) in [6.45, 7) is 8.50. The number of nitrogens with zero attached hydrogens (tertiary/aromatic N) is 5. The molecule has 0 saturated carbocycles. The van der Waals surface area contributed by atoms with Gasteiger partial charge in [0.1, 0.15) is 0 Å². The maximum Gasteiger partial charge on any atom is 0.332 e. The molecule has 7 heteroatoms. The Bertz CT molecular complexity index is 1300. The summed E-state index contributed by atoms with van der Waals surface area (Å²) in [7, 11) is 1.67. The molecule has 1 atom stereocenters. The molecule has 0 fully saturated rings. The Hall–Kier alpha value is -3.09. The van der Waals surface area contributed by atoms with E-state index in [2.05, 4.69) is 23.4 Å². The summed E-state index contributed by atoms with van der Waals surface area (Å²) in [5.41, 5.74) is 3.28. The van der Waals surface area contributed by atoms with Gasteiger partial charge in [-0.3, -0.25) is 18.3 Å². The van der Waals surface area contributed by atoms with E-state index < -0.39 is 0 Å². The van der Waals surface area contributed by atoms with Gasteiger partial charge in [0.15, 0.2) is 11.2 Å². The van der Waals surface area contributed by atoms with E-state index in [0.717, 1.165) is 23.2 Å². The van der Waals surface area contributed by atoms with Gasteiger partial charge in [-0.2, -0.15) is 4.98 Å². The Morgan fingerprint density at radius 3 is 2.43 bits per heavy atom. The predicted octanol–water partition coefficient (Wildman–Crippen LogP) is 2.79. The number of imidazole rings is 2. The second-order valence-electron chi connectivity index (χ2n) is 7.57. The van der Waals surface area contributed by atoms with Crippen LogP contribution in [-0.4, -0.2) is 23.1 Å². The highest BCUT2D eigenvalue weighted by molar-refractivity contribution is 5.75. The summed E-state index contributed by atoms with van der Waals surface area (Å²) in [6, 6.07) is 8.11. The van der Waals surface area contributed by atoms with Crippen LogP contribution in [0.3, 0.4) is 0 Å². The third kappa shape index (κ3) is 2.61. The summed E-state index contributed by atoms with van der Waals surface area (Å²) in [4.78, 5) is 30.8. The van der Waals surface area contributed by atoms with Crippen LogP contribution in [0.1, 0.15) is 43.1 Å². The molecule has 0 saturated heterocycles. The molecule has 3 aromatic heterocycles. The van der Waals surface area contributed by atoms with E-state index in [-0.39, 0.29) is 23.8 Å². The maximum absolute atomic E-state index is 13.3. The molecular weight excluding hydrogens is 354 g/mol. The summed E-state index contributed by atoms with van der Waals surface area (Å²) in [6.07, 6.45) is 2.88. The van der Waals surface area contributed by atoms with Crippen molar-refractivity contribution < 1.29 is 0 Å². The zero-order chi connectivity index (χ0) is 20.2. The lowest BCUT2D eigenvalue weighted by Crippen LogP contribution is -2.39. The average Bonchev–Trinajstić information content (AvgIpc) is 3.19. The van der Waals surface area contributed by atoms with E-state index in [4.69, 9.17) is 0 Å². The van der Waals surface area contributed by atoms with Gasteiger partial charge in [-0.25, -0.2) is 4.79 Å².